The second-order valence-corrected chi connectivity index (χ2v) is 8.31. The van der Waals surface area contributed by atoms with Crippen molar-refractivity contribution in [3.8, 4) is 0 Å². The zero-order valence-corrected chi connectivity index (χ0v) is 18.0. The van der Waals surface area contributed by atoms with Crippen molar-refractivity contribution in [2.24, 2.45) is 0 Å². The van der Waals surface area contributed by atoms with E-state index in [9.17, 15) is 0 Å². The van der Waals surface area contributed by atoms with E-state index in [-0.39, 0.29) is 5.41 Å². The Morgan fingerprint density at radius 3 is 1.86 bits per heavy atom. The maximum Gasteiger partial charge on any atom is 0.0426 e. The fraction of sp³-hybridized carbons (Fsp3) is 0.333. The van der Waals surface area contributed by atoms with Crippen LogP contribution in [0.2, 0.25) is 0 Å². The Labute approximate surface area is 176 Å². The number of unbranched alkanes of at least 4 members (excludes halogenated alkanes) is 4. The summed E-state index contributed by atoms with van der Waals surface area (Å²) < 4.78 is 0. The molecule has 0 amide bonds. The summed E-state index contributed by atoms with van der Waals surface area (Å²) in [7, 11) is 0. The highest BCUT2D eigenvalue weighted by Gasteiger charge is 2.32. The summed E-state index contributed by atoms with van der Waals surface area (Å²) in [6.07, 6.45) is 7.56. The van der Waals surface area contributed by atoms with Gasteiger partial charge in [0.15, 0.2) is 0 Å². The van der Waals surface area contributed by atoms with Gasteiger partial charge in [-0.2, -0.15) is 0 Å². The fourth-order valence-electron chi connectivity index (χ4n) is 4.20. The van der Waals surface area contributed by atoms with Crippen LogP contribution in [0.5, 0.6) is 0 Å². The lowest BCUT2D eigenvalue weighted by molar-refractivity contribution is 0.621. The van der Waals surface area contributed by atoms with Crippen molar-refractivity contribution < 1.29 is 0 Å². The minimum absolute atomic E-state index is 0.190. The van der Waals surface area contributed by atoms with E-state index in [2.05, 4.69) is 92.7 Å². The minimum Gasteiger partial charge on any atom is -0.0801 e. The van der Waals surface area contributed by atoms with Crippen LogP contribution in [0.25, 0.3) is 0 Å². The van der Waals surface area contributed by atoms with E-state index in [1.165, 1.54) is 54.4 Å². The molecular formula is C27H31S. The van der Waals surface area contributed by atoms with E-state index in [0.717, 1.165) is 11.3 Å². The average molecular weight is 388 g/mol. The molecule has 28 heavy (non-hydrogen) atoms. The molecule has 3 aromatic carbocycles. The first kappa shape index (κ1) is 20.6. The van der Waals surface area contributed by atoms with Gasteiger partial charge in [0.1, 0.15) is 0 Å². The Balaban J connectivity index is 2.03. The summed E-state index contributed by atoms with van der Waals surface area (Å²) in [5.41, 5.74) is 5.24. The van der Waals surface area contributed by atoms with E-state index in [4.69, 9.17) is 12.6 Å². The van der Waals surface area contributed by atoms with Crippen molar-refractivity contribution in [3.05, 3.63) is 101 Å². The lowest BCUT2D eigenvalue weighted by Gasteiger charge is -2.34. The second kappa shape index (κ2) is 9.89. The van der Waals surface area contributed by atoms with Crippen LogP contribution in [0.15, 0.2) is 83.8 Å². The topological polar surface area (TPSA) is 0 Å². The lowest BCUT2D eigenvalue weighted by Crippen LogP contribution is -2.27. The molecule has 0 fully saturated rings. The van der Waals surface area contributed by atoms with E-state index in [0.29, 0.717) is 0 Å². The Kier molecular flexibility index (Phi) is 7.28. The highest BCUT2D eigenvalue weighted by Crippen LogP contribution is 2.41. The molecule has 0 atom stereocenters. The molecule has 0 aromatic heterocycles. The molecule has 0 heterocycles. The number of hydrogen-bond acceptors (Lipinski definition) is 0. The number of rotatable bonds is 9. The lowest BCUT2D eigenvalue weighted by atomic mass is 9.69. The van der Waals surface area contributed by atoms with Crippen LogP contribution >= 0.6 is 12.6 Å². The average Bonchev–Trinajstić information content (AvgIpc) is 2.74. The summed E-state index contributed by atoms with van der Waals surface area (Å²) in [5, 5.41) is 0. The van der Waals surface area contributed by atoms with E-state index >= 15 is 0 Å². The monoisotopic (exact) mass is 387 g/mol. The zero-order valence-electron chi connectivity index (χ0n) is 17.2. The molecular weight excluding hydrogens is 356 g/mol. The normalized spacial score (nSPS) is 11.5. The Hall–Kier alpha value is -2.12. The number of benzene rings is 3. The van der Waals surface area contributed by atoms with E-state index < -0.39 is 0 Å². The third-order valence-electron chi connectivity index (χ3n) is 5.87. The predicted molar refractivity (Wildman–Crippen MR) is 123 cm³/mol. The molecule has 145 valence electrons. The molecule has 3 rings (SSSR count). The van der Waals surface area contributed by atoms with Crippen LogP contribution in [-0.2, 0) is 11.8 Å². The van der Waals surface area contributed by atoms with Gasteiger partial charge in [0.2, 0.25) is 0 Å². The van der Waals surface area contributed by atoms with Crippen LogP contribution < -0.4 is 0 Å². The molecule has 3 aromatic rings. The van der Waals surface area contributed by atoms with Crippen LogP contribution in [0.3, 0.4) is 0 Å². The summed E-state index contributed by atoms with van der Waals surface area (Å²) in [6.45, 7) is 4.63. The molecule has 0 spiro atoms. The predicted octanol–water partition coefficient (Wildman–Crippen LogP) is 8.11. The maximum absolute atomic E-state index is 5.54. The van der Waals surface area contributed by atoms with Gasteiger partial charge in [-0.05, 0) is 54.2 Å². The van der Waals surface area contributed by atoms with Gasteiger partial charge in [0.05, 0.1) is 0 Å². The Bertz CT molecular complexity index is 812. The third-order valence-corrected chi connectivity index (χ3v) is 6.12. The Morgan fingerprint density at radius 2 is 1.29 bits per heavy atom. The number of hydrogen-bond donors (Lipinski definition) is 0. The SMILES string of the molecule is CCCCCCCc1cc([S])ccc1C(C)(c1ccccc1)c1ccccc1. The van der Waals surface area contributed by atoms with Gasteiger partial charge in [0, 0.05) is 10.3 Å². The van der Waals surface area contributed by atoms with Gasteiger partial charge in [-0.3, -0.25) is 0 Å². The molecule has 0 saturated carbocycles. The van der Waals surface area contributed by atoms with Gasteiger partial charge >= 0.3 is 0 Å². The molecule has 0 bridgehead atoms. The van der Waals surface area contributed by atoms with Gasteiger partial charge in [-0.1, -0.05) is 112 Å². The van der Waals surface area contributed by atoms with Crippen molar-refractivity contribution >= 4 is 12.6 Å². The van der Waals surface area contributed by atoms with Crippen LogP contribution in [0.4, 0.5) is 0 Å². The van der Waals surface area contributed by atoms with Gasteiger partial charge in [-0.15, -0.1) is 0 Å². The molecule has 0 unspecified atom stereocenters. The standard InChI is InChI=1S/C27H31S/c1-3-4-5-6-9-14-22-21-25(28)19-20-26(22)27(2,23-15-10-7-11-16-23)24-17-12-8-13-18-24/h7-8,10-13,15-21H,3-6,9,14H2,1-2H3. The van der Waals surface area contributed by atoms with Crippen molar-refractivity contribution in [2.45, 2.75) is 62.7 Å². The maximum atomic E-state index is 5.54. The van der Waals surface area contributed by atoms with E-state index in [1.54, 1.807) is 0 Å². The van der Waals surface area contributed by atoms with Crippen LogP contribution in [0.1, 0.15) is 68.2 Å². The number of aryl methyl sites for hydroxylation is 1. The summed E-state index contributed by atoms with van der Waals surface area (Å²) in [5.74, 6) is 0. The van der Waals surface area contributed by atoms with Crippen molar-refractivity contribution in [1.82, 2.24) is 0 Å². The van der Waals surface area contributed by atoms with Gasteiger partial charge in [-0.25, -0.2) is 0 Å². The first-order valence-electron chi connectivity index (χ1n) is 10.6. The molecule has 0 aliphatic rings. The minimum atomic E-state index is -0.190. The molecule has 0 N–H and O–H groups in total. The first-order valence-corrected chi connectivity index (χ1v) is 11.0. The van der Waals surface area contributed by atoms with Crippen molar-refractivity contribution in [1.29, 1.82) is 0 Å². The molecule has 1 heteroatoms. The van der Waals surface area contributed by atoms with E-state index in [1.807, 2.05) is 0 Å². The first-order chi connectivity index (χ1) is 13.7. The van der Waals surface area contributed by atoms with Crippen LogP contribution in [-0.4, -0.2) is 0 Å². The third kappa shape index (κ3) is 4.64. The summed E-state index contributed by atoms with van der Waals surface area (Å²) >= 11 is 5.54. The molecule has 0 aliphatic carbocycles. The van der Waals surface area contributed by atoms with Crippen molar-refractivity contribution in [2.75, 3.05) is 0 Å². The van der Waals surface area contributed by atoms with Crippen molar-refractivity contribution in [3.63, 3.8) is 0 Å². The molecule has 0 aliphatic heterocycles. The second-order valence-electron chi connectivity index (χ2n) is 7.84. The van der Waals surface area contributed by atoms with Crippen LogP contribution in [0, 0.1) is 0 Å². The Morgan fingerprint density at radius 1 is 0.714 bits per heavy atom. The quantitative estimate of drug-likeness (QED) is 0.257. The fourth-order valence-corrected chi connectivity index (χ4v) is 4.41. The summed E-state index contributed by atoms with van der Waals surface area (Å²) in [4.78, 5) is 0.941. The van der Waals surface area contributed by atoms with Gasteiger partial charge < -0.3 is 0 Å². The highest BCUT2D eigenvalue weighted by molar-refractivity contribution is 7.80. The zero-order chi connectivity index (χ0) is 19.8. The largest absolute Gasteiger partial charge is 0.0801 e. The van der Waals surface area contributed by atoms with Gasteiger partial charge in [0.25, 0.3) is 0 Å². The molecule has 1 radical (unpaired) electrons. The molecule has 0 nitrogen and oxygen atoms in total. The summed E-state index contributed by atoms with van der Waals surface area (Å²) in [6, 6.07) is 28.3. The molecule has 0 saturated heterocycles. The highest BCUT2D eigenvalue weighted by atomic mass is 32.1. The smallest absolute Gasteiger partial charge is 0.0426 e.